The van der Waals surface area contributed by atoms with Crippen molar-refractivity contribution in [3.8, 4) is 0 Å². The molecule has 0 saturated carbocycles. The third kappa shape index (κ3) is 6.15. The number of aromatic amines is 2. The summed E-state index contributed by atoms with van der Waals surface area (Å²) in [6.45, 7) is 0. The predicted octanol–water partition coefficient (Wildman–Crippen LogP) is 0.267. The largest absolute Gasteiger partial charge is 2.00 e. The topological polar surface area (TPSA) is 286 Å². The first-order valence-corrected chi connectivity index (χ1v) is 16.0. The fraction of sp³-hybridized carbons (Fsp3) is 0. The van der Waals surface area contributed by atoms with Gasteiger partial charge < -0.3 is 28.2 Å². The molecule has 2 N–H and O–H groups in total. The molecule has 0 atom stereocenters. The SMILES string of the molecule is O=S(=O)([O-])c1c2nc(c(S(=O)(=O)[O-])c3ccc([nH]3)c(S(=O)(=O)[O-])c3ccc([nH]3)c(S(=O)(=O)[O-])c3nc1C=C3)C=C2.[Co+2].[Co+2]. The molecule has 16 nitrogen and oxygen atoms in total. The quantitative estimate of drug-likeness (QED) is 0.234. The maximum Gasteiger partial charge on any atom is 2.00 e. The minimum absolute atomic E-state index is 0. The van der Waals surface area contributed by atoms with Crippen molar-refractivity contribution in [3.63, 3.8) is 0 Å². The van der Waals surface area contributed by atoms with Crippen molar-refractivity contribution in [2.45, 2.75) is 19.6 Å². The summed E-state index contributed by atoms with van der Waals surface area (Å²) in [7, 11) is -21.7. The van der Waals surface area contributed by atoms with Crippen LogP contribution in [-0.2, 0) is 74.0 Å². The standard InChI is InChI=1S/C20H14N4O12S4.2Co/c25-37(26,27)17-9-1-2-10(21-9)18(38(28,29)30)12-5-6-14(23-12)20(40(34,35)36)16-8-7-15(24-16)19(39(31,32)33)13-4-3-11(17)22-13;;/h1-8,21-22H,(H,25,26,27)(H,28,29,30)(H,31,32,33)(H,34,35,36);;/q;2*+2/p-4. The van der Waals surface area contributed by atoms with E-state index in [0.29, 0.717) is 0 Å². The molecule has 0 unspecified atom stereocenters. The van der Waals surface area contributed by atoms with Gasteiger partial charge in [0.2, 0.25) is 0 Å². The van der Waals surface area contributed by atoms with E-state index in [0.717, 1.165) is 48.6 Å². The molecule has 5 heterocycles. The molecule has 0 fully saturated rings. The van der Waals surface area contributed by atoms with E-state index in [9.17, 15) is 51.9 Å². The zero-order chi connectivity index (χ0) is 29.4. The number of fused-ring (bicyclic) bond motifs is 8. The third-order valence-electron chi connectivity index (χ3n) is 5.56. The Morgan fingerprint density at radius 1 is 0.429 bits per heavy atom. The van der Waals surface area contributed by atoms with Gasteiger partial charge in [-0.25, -0.2) is 43.6 Å². The van der Waals surface area contributed by atoms with Gasteiger partial charge in [0.1, 0.15) is 60.1 Å². The van der Waals surface area contributed by atoms with Crippen LogP contribution in [0, 0.1) is 0 Å². The summed E-state index contributed by atoms with van der Waals surface area (Å²) < 4.78 is 146. The second-order valence-corrected chi connectivity index (χ2v) is 13.4. The van der Waals surface area contributed by atoms with Gasteiger partial charge in [-0.2, -0.15) is 0 Å². The number of hydrogen-bond donors (Lipinski definition) is 2. The van der Waals surface area contributed by atoms with E-state index in [1.165, 1.54) is 0 Å². The Labute approximate surface area is 257 Å². The molecule has 0 aromatic carbocycles. The van der Waals surface area contributed by atoms with Crippen LogP contribution < -0.4 is 0 Å². The second kappa shape index (κ2) is 11.1. The summed E-state index contributed by atoms with van der Waals surface area (Å²) in [5.41, 5.74) is -4.92. The molecule has 3 aromatic heterocycles. The van der Waals surface area contributed by atoms with Crippen LogP contribution >= 0.6 is 0 Å². The van der Waals surface area contributed by atoms with E-state index in [4.69, 9.17) is 0 Å². The Bertz CT molecular complexity index is 2200. The first kappa shape index (κ1) is 33.8. The molecule has 0 spiro atoms. The summed E-state index contributed by atoms with van der Waals surface area (Å²) in [6.07, 6.45) is 3.48. The fourth-order valence-corrected chi connectivity index (χ4v) is 7.19. The average Bonchev–Trinajstić information content (AvgIpc) is 3.55. The molecule has 0 amide bonds. The molecule has 2 radical (unpaired) electrons. The molecular formula is C20H10Co2N4O12S4. The molecule has 0 saturated heterocycles. The zero-order valence-corrected chi connectivity index (χ0v) is 25.1. The van der Waals surface area contributed by atoms with Crippen LogP contribution in [0.25, 0.3) is 46.4 Å². The molecule has 5 rings (SSSR count). The Balaban J connectivity index is 0.00000242. The number of H-pyrrole nitrogens is 2. The molecular weight excluding hydrogens is 734 g/mol. The van der Waals surface area contributed by atoms with Crippen molar-refractivity contribution in [1.29, 1.82) is 0 Å². The second-order valence-electron chi connectivity index (χ2n) is 8.14. The maximum absolute atomic E-state index is 12.2. The van der Waals surface area contributed by atoms with Crippen LogP contribution in [-0.4, -0.2) is 71.8 Å². The maximum atomic E-state index is 12.2. The van der Waals surface area contributed by atoms with Crippen molar-refractivity contribution in [3.05, 3.63) is 47.0 Å². The summed E-state index contributed by atoms with van der Waals surface area (Å²) >= 11 is 0. The van der Waals surface area contributed by atoms with Gasteiger partial charge in [-0.15, -0.1) is 0 Å². The molecule has 2 aliphatic rings. The normalized spacial score (nSPS) is 13.4. The van der Waals surface area contributed by atoms with E-state index < -0.39 is 105 Å². The molecule has 42 heavy (non-hydrogen) atoms. The monoisotopic (exact) mass is 744 g/mol. The molecule has 2 aliphatic heterocycles. The van der Waals surface area contributed by atoms with Crippen molar-refractivity contribution < 1.29 is 85.4 Å². The Kier molecular flexibility index (Phi) is 8.90. The molecule has 0 aliphatic carbocycles. The van der Waals surface area contributed by atoms with Crippen LogP contribution in [0.3, 0.4) is 0 Å². The number of rotatable bonds is 4. The van der Waals surface area contributed by atoms with Gasteiger partial charge in [0, 0.05) is 0 Å². The van der Waals surface area contributed by atoms with E-state index >= 15 is 0 Å². The third-order valence-corrected chi connectivity index (χ3v) is 9.28. The van der Waals surface area contributed by atoms with Crippen molar-refractivity contribution in [2.75, 3.05) is 0 Å². The minimum atomic E-state index is -5.45. The number of nitrogens with one attached hydrogen (secondary N) is 2. The van der Waals surface area contributed by atoms with Gasteiger partial charge in [-0.1, -0.05) is 0 Å². The average molecular weight is 744 g/mol. The van der Waals surface area contributed by atoms with Gasteiger partial charge in [0.15, 0.2) is 0 Å². The van der Waals surface area contributed by atoms with Crippen LogP contribution in [0.5, 0.6) is 0 Å². The van der Waals surface area contributed by atoms with Crippen molar-refractivity contribution in [2.24, 2.45) is 0 Å². The van der Waals surface area contributed by atoms with Gasteiger partial charge in [0.05, 0.1) is 44.8 Å². The van der Waals surface area contributed by atoms with Crippen molar-refractivity contribution >= 4 is 86.8 Å². The van der Waals surface area contributed by atoms with Gasteiger partial charge >= 0.3 is 33.6 Å². The molecule has 224 valence electrons. The van der Waals surface area contributed by atoms with Gasteiger partial charge in [-0.3, -0.25) is 0 Å². The first-order chi connectivity index (χ1) is 18.4. The van der Waals surface area contributed by atoms with Crippen LogP contribution in [0.1, 0.15) is 22.8 Å². The van der Waals surface area contributed by atoms with E-state index in [2.05, 4.69) is 19.9 Å². The summed E-state index contributed by atoms with van der Waals surface area (Å²) in [4.78, 5) is 7.84. The predicted molar refractivity (Wildman–Crippen MR) is 131 cm³/mol. The number of hydrogen-bond acceptors (Lipinski definition) is 14. The van der Waals surface area contributed by atoms with E-state index in [1.807, 2.05) is 0 Å². The Morgan fingerprint density at radius 2 is 0.667 bits per heavy atom. The molecule has 22 heteroatoms. The zero-order valence-electron chi connectivity index (χ0n) is 19.7. The summed E-state index contributed by atoms with van der Waals surface area (Å²) in [6, 6.07) is 3.68. The van der Waals surface area contributed by atoms with Crippen molar-refractivity contribution in [1.82, 2.24) is 19.9 Å². The fourth-order valence-electron chi connectivity index (χ4n) is 4.15. The Morgan fingerprint density at radius 3 is 0.929 bits per heavy atom. The number of nitrogens with zero attached hydrogens (tertiary/aromatic N) is 2. The number of aromatic nitrogens is 4. The van der Waals surface area contributed by atoms with Crippen LogP contribution in [0.4, 0.5) is 0 Å². The Hall–Kier alpha value is -2.75. The molecule has 3 aromatic rings. The van der Waals surface area contributed by atoms with Gasteiger partial charge in [-0.05, 0) is 48.6 Å². The van der Waals surface area contributed by atoms with Crippen LogP contribution in [0.2, 0.25) is 0 Å². The summed E-state index contributed by atoms with van der Waals surface area (Å²) in [5, 5.41) is 0. The van der Waals surface area contributed by atoms with E-state index in [1.54, 1.807) is 0 Å². The van der Waals surface area contributed by atoms with E-state index in [-0.39, 0.29) is 33.6 Å². The smallest absolute Gasteiger partial charge is 0.744 e. The van der Waals surface area contributed by atoms with Crippen LogP contribution in [0.15, 0.2) is 43.8 Å². The van der Waals surface area contributed by atoms with Gasteiger partial charge in [0.25, 0.3) is 0 Å². The summed E-state index contributed by atoms with van der Waals surface area (Å²) in [5.74, 6) is 0. The first-order valence-electron chi connectivity index (χ1n) is 10.4. The minimum Gasteiger partial charge on any atom is -0.744 e. The molecule has 8 bridgehead atoms.